The van der Waals surface area contributed by atoms with Gasteiger partial charge in [0.25, 0.3) is 5.91 Å². The molecule has 0 aliphatic carbocycles. The Kier molecular flexibility index (Phi) is 4.75. The van der Waals surface area contributed by atoms with E-state index in [9.17, 15) is 4.79 Å². The summed E-state index contributed by atoms with van der Waals surface area (Å²) < 4.78 is 0.720. The molecule has 0 aromatic carbocycles. The highest BCUT2D eigenvalue weighted by molar-refractivity contribution is 9.10. The minimum absolute atomic E-state index is 0.0782. The third-order valence-electron chi connectivity index (χ3n) is 3.44. The Balaban J connectivity index is 2.15. The zero-order valence-corrected chi connectivity index (χ0v) is 12.3. The van der Waals surface area contributed by atoms with Crippen LogP contribution in [0.1, 0.15) is 49.5 Å². The number of hydrogen-bond donors (Lipinski definition) is 0. The summed E-state index contributed by atoms with van der Waals surface area (Å²) in [6.07, 6.45) is 5.70. The normalized spacial score (nSPS) is 19.9. The van der Waals surface area contributed by atoms with Gasteiger partial charge in [-0.25, -0.2) is 4.98 Å². The molecule has 3 nitrogen and oxygen atoms in total. The fourth-order valence-corrected chi connectivity index (χ4v) is 2.92. The largest absolute Gasteiger partial charge is 0.334 e. The quantitative estimate of drug-likeness (QED) is 0.799. The van der Waals surface area contributed by atoms with Crippen molar-refractivity contribution in [3.8, 4) is 0 Å². The molecule has 1 aromatic heterocycles. The molecule has 0 N–H and O–H groups in total. The SMILES string of the molecule is CCCC1CCCCN1C(=O)c1cccc(Br)n1. The molecule has 98 valence electrons. The average Bonchev–Trinajstić information content (AvgIpc) is 2.39. The number of rotatable bonds is 3. The summed E-state index contributed by atoms with van der Waals surface area (Å²) in [6.45, 7) is 3.05. The predicted molar refractivity (Wildman–Crippen MR) is 75.5 cm³/mol. The van der Waals surface area contributed by atoms with Gasteiger partial charge in [0, 0.05) is 12.6 Å². The van der Waals surface area contributed by atoms with Crippen LogP contribution in [0.4, 0.5) is 0 Å². The highest BCUT2D eigenvalue weighted by Gasteiger charge is 2.27. The number of amides is 1. The van der Waals surface area contributed by atoms with Gasteiger partial charge in [0.2, 0.25) is 0 Å². The van der Waals surface area contributed by atoms with Gasteiger partial charge in [0.15, 0.2) is 0 Å². The van der Waals surface area contributed by atoms with E-state index < -0.39 is 0 Å². The number of aromatic nitrogens is 1. The maximum atomic E-state index is 12.5. The molecule has 1 aliphatic heterocycles. The first-order valence-electron chi connectivity index (χ1n) is 6.66. The number of carbonyl (C=O) groups excluding carboxylic acids is 1. The van der Waals surface area contributed by atoms with E-state index in [1.165, 1.54) is 6.42 Å². The fraction of sp³-hybridized carbons (Fsp3) is 0.571. The van der Waals surface area contributed by atoms with Gasteiger partial charge in [-0.1, -0.05) is 19.4 Å². The van der Waals surface area contributed by atoms with Crippen LogP contribution in [0.5, 0.6) is 0 Å². The number of pyridine rings is 1. The van der Waals surface area contributed by atoms with Crippen molar-refractivity contribution in [2.45, 2.75) is 45.1 Å². The molecule has 1 aromatic rings. The lowest BCUT2D eigenvalue weighted by atomic mass is 9.98. The second kappa shape index (κ2) is 6.32. The van der Waals surface area contributed by atoms with Crippen molar-refractivity contribution in [1.82, 2.24) is 9.88 Å². The van der Waals surface area contributed by atoms with E-state index in [1.54, 1.807) is 6.07 Å². The first-order chi connectivity index (χ1) is 8.72. The zero-order chi connectivity index (χ0) is 13.0. The standard InChI is InChI=1S/C14H19BrN2O/c1-2-6-11-7-3-4-10-17(11)14(18)12-8-5-9-13(15)16-12/h5,8-9,11H,2-4,6-7,10H2,1H3. The lowest BCUT2D eigenvalue weighted by molar-refractivity contribution is 0.0594. The maximum Gasteiger partial charge on any atom is 0.272 e. The first-order valence-corrected chi connectivity index (χ1v) is 7.45. The summed E-state index contributed by atoms with van der Waals surface area (Å²) in [4.78, 5) is 18.8. The van der Waals surface area contributed by atoms with Gasteiger partial charge >= 0.3 is 0 Å². The summed E-state index contributed by atoms with van der Waals surface area (Å²) in [5.74, 6) is 0.0782. The molecule has 0 bridgehead atoms. The topological polar surface area (TPSA) is 33.2 Å². The minimum Gasteiger partial charge on any atom is -0.334 e. The van der Waals surface area contributed by atoms with Crippen LogP contribution in [0.2, 0.25) is 0 Å². The molecule has 2 rings (SSSR count). The molecule has 0 spiro atoms. The molecule has 18 heavy (non-hydrogen) atoms. The van der Waals surface area contributed by atoms with E-state index >= 15 is 0 Å². The number of likely N-dealkylation sites (tertiary alicyclic amines) is 1. The molecule has 1 atom stereocenters. The summed E-state index contributed by atoms with van der Waals surface area (Å²) in [6, 6.07) is 5.90. The van der Waals surface area contributed by atoms with Crippen molar-refractivity contribution in [3.05, 3.63) is 28.5 Å². The lowest BCUT2D eigenvalue weighted by Crippen LogP contribution is -2.43. The molecule has 1 saturated heterocycles. The van der Waals surface area contributed by atoms with Crippen molar-refractivity contribution < 1.29 is 4.79 Å². The first kappa shape index (κ1) is 13.5. The summed E-state index contributed by atoms with van der Waals surface area (Å²) in [5, 5.41) is 0. The van der Waals surface area contributed by atoms with Gasteiger partial charge in [0.05, 0.1) is 0 Å². The lowest BCUT2D eigenvalue weighted by Gasteiger charge is -2.35. The Morgan fingerprint density at radius 2 is 2.33 bits per heavy atom. The van der Waals surface area contributed by atoms with Gasteiger partial charge in [-0.05, 0) is 53.7 Å². The molecule has 1 aliphatic rings. The molecular formula is C14H19BrN2O. The minimum atomic E-state index is 0.0782. The average molecular weight is 311 g/mol. The molecule has 0 saturated carbocycles. The Labute approximate surface area is 117 Å². The number of halogens is 1. The Hall–Kier alpha value is -0.900. The molecule has 1 amide bonds. The molecular weight excluding hydrogens is 292 g/mol. The van der Waals surface area contributed by atoms with E-state index in [2.05, 4.69) is 27.8 Å². The summed E-state index contributed by atoms with van der Waals surface area (Å²) >= 11 is 3.32. The molecule has 2 heterocycles. The van der Waals surface area contributed by atoms with Crippen LogP contribution in [0.25, 0.3) is 0 Å². The third kappa shape index (κ3) is 3.10. The summed E-state index contributed by atoms with van der Waals surface area (Å²) in [5.41, 5.74) is 0.548. The molecule has 4 heteroatoms. The van der Waals surface area contributed by atoms with E-state index in [0.717, 1.165) is 36.8 Å². The van der Waals surface area contributed by atoms with Crippen molar-refractivity contribution in [1.29, 1.82) is 0 Å². The van der Waals surface area contributed by atoms with Crippen molar-refractivity contribution in [3.63, 3.8) is 0 Å². The van der Waals surface area contributed by atoms with Crippen LogP contribution in [0.3, 0.4) is 0 Å². The van der Waals surface area contributed by atoms with E-state index in [4.69, 9.17) is 0 Å². The van der Waals surface area contributed by atoms with E-state index in [0.29, 0.717) is 11.7 Å². The van der Waals surface area contributed by atoms with Gasteiger partial charge in [-0.3, -0.25) is 4.79 Å². The Bertz CT molecular complexity index is 420. The molecule has 0 radical (unpaired) electrons. The number of nitrogens with zero attached hydrogens (tertiary/aromatic N) is 2. The van der Waals surface area contributed by atoms with Crippen LogP contribution in [-0.2, 0) is 0 Å². The monoisotopic (exact) mass is 310 g/mol. The Morgan fingerprint density at radius 3 is 3.06 bits per heavy atom. The maximum absolute atomic E-state index is 12.5. The number of piperidine rings is 1. The third-order valence-corrected chi connectivity index (χ3v) is 3.89. The van der Waals surface area contributed by atoms with Crippen LogP contribution in [0, 0.1) is 0 Å². The molecule has 1 unspecified atom stereocenters. The fourth-order valence-electron chi connectivity index (χ4n) is 2.58. The van der Waals surface area contributed by atoms with E-state index in [-0.39, 0.29) is 5.91 Å². The zero-order valence-electron chi connectivity index (χ0n) is 10.7. The van der Waals surface area contributed by atoms with Crippen LogP contribution in [-0.4, -0.2) is 28.4 Å². The summed E-state index contributed by atoms with van der Waals surface area (Å²) in [7, 11) is 0. The smallest absolute Gasteiger partial charge is 0.272 e. The van der Waals surface area contributed by atoms with Gasteiger partial charge < -0.3 is 4.90 Å². The second-order valence-corrected chi connectivity index (χ2v) is 5.59. The van der Waals surface area contributed by atoms with Crippen molar-refractivity contribution in [2.24, 2.45) is 0 Å². The van der Waals surface area contributed by atoms with E-state index in [1.807, 2.05) is 17.0 Å². The highest BCUT2D eigenvalue weighted by Crippen LogP contribution is 2.22. The van der Waals surface area contributed by atoms with Crippen LogP contribution < -0.4 is 0 Å². The number of hydrogen-bond acceptors (Lipinski definition) is 2. The molecule has 1 fully saturated rings. The predicted octanol–water partition coefficient (Wildman–Crippen LogP) is 3.64. The van der Waals surface area contributed by atoms with Crippen LogP contribution >= 0.6 is 15.9 Å². The van der Waals surface area contributed by atoms with Gasteiger partial charge in [0.1, 0.15) is 10.3 Å². The Morgan fingerprint density at radius 1 is 1.50 bits per heavy atom. The highest BCUT2D eigenvalue weighted by atomic mass is 79.9. The second-order valence-electron chi connectivity index (χ2n) is 4.78. The van der Waals surface area contributed by atoms with Crippen molar-refractivity contribution >= 4 is 21.8 Å². The van der Waals surface area contributed by atoms with Gasteiger partial charge in [-0.15, -0.1) is 0 Å². The van der Waals surface area contributed by atoms with Crippen LogP contribution in [0.15, 0.2) is 22.8 Å². The van der Waals surface area contributed by atoms with Gasteiger partial charge in [-0.2, -0.15) is 0 Å². The van der Waals surface area contributed by atoms with Crippen molar-refractivity contribution in [2.75, 3.05) is 6.54 Å². The number of carbonyl (C=O) groups is 1.